The predicted octanol–water partition coefficient (Wildman–Crippen LogP) is 4.31. The molecule has 108 valence electrons. The quantitative estimate of drug-likeness (QED) is 0.396. The molecule has 0 bridgehead atoms. The van der Waals surface area contributed by atoms with Crippen molar-refractivity contribution in [1.82, 2.24) is 5.01 Å². The number of hydrogen-bond acceptors (Lipinski definition) is 1. The molecule has 0 aromatic heterocycles. The van der Waals surface area contributed by atoms with Crippen LogP contribution in [0.1, 0.15) is 78.1 Å². The average Bonchev–Trinajstić information content (AvgIpc) is 2.35. The van der Waals surface area contributed by atoms with E-state index in [-0.39, 0.29) is 5.03 Å². The Morgan fingerprint density at radius 2 is 1.17 bits per heavy atom. The van der Waals surface area contributed by atoms with Gasteiger partial charge in [0, 0.05) is 0 Å². The van der Waals surface area contributed by atoms with E-state index in [1.54, 1.807) is 0 Å². The van der Waals surface area contributed by atoms with Crippen molar-refractivity contribution >= 4 is 0 Å². The summed E-state index contributed by atoms with van der Waals surface area (Å²) in [6.45, 7) is 5.74. The molecule has 0 fully saturated rings. The van der Waals surface area contributed by atoms with Crippen LogP contribution in [-0.2, 0) is 0 Å². The van der Waals surface area contributed by atoms with Gasteiger partial charge in [0.15, 0.2) is 0 Å². The van der Waals surface area contributed by atoms with E-state index in [2.05, 4.69) is 13.8 Å². The summed E-state index contributed by atoms with van der Waals surface area (Å²) in [4.78, 5) is 11.0. The molecule has 0 aliphatic heterocycles. The van der Waals surface area contributed by atoms with Crippen LogP contribution in [0, 0.1) is 4.91 Å². The van der Waals surface area contributed by atoms with Crippen LogP contribution in [0.25, 0.3) is 0 Å². The predicted molar refractivity (Wildman–Crippen MR) is 74.5 cm³/mol. The Morgan fingerprint density at radius 3 is 1.50 bits per heavy atom. The van der Waals surface area contributed by atoms with Gasteiger partial charge in [0.1, 0.15) is 4.91 Å². The first kappa shape index (κ1) is 17.2. The highest BCUT2D eigenvalue weighted by Crippen LogP contribution is 2.07. The van der Waals surface area contributed by atoms with Gasteiger partial charge >= 0.3 is 5.03 Å². The molecule has 0 rings (SSSR count). The third-order valence-corrected chi connectivity index (χ3v) is 3.28. The fraction of sp³-hybridized carbons (Fsp3) is 1.00. The molecule has 1 N–H and O–H groups in total. The molecule has 0 aromatic rings. The molecule has 0 radical (unpaired) electrons. The molecule has 0 amide bonds. The molecule has 0 unspecified atom stereocenters. The molecular formula is C14H31N2O2+. The smallest absolute Gasteiger partial charge is 0.219 e. The van der Waals surface area contributed by atoms with Crippen molar-refractivity contribution in [3.05, 3.63) is 4.91 Å². The molecule has 0 saturated heterocycles. The van der Waals surface area contributed by atoms with E-state index in [4.69, 9.17) is 5.21 Å². The Bertz CT molecular complexity index is 184. The second-order valence-corrected chi connectivity index (χ2v) is 5.03. The van der Waals surface area contributed by atoms with Crippen LogP contribution in [0.3, 0.4) is 0 Å². The molecule has 0 atom stereocenters. The minimum atomic E-state index is 0.0274. The Labute approximate surface area is 112 Å². The van der Waals surface area contributed by atoms with Crippen molar-refractivity contribution in [3.8, 4) is 0 Å². The number of rotatable bonds is 13. The number of hydrazine groups is 1. The van der Waals surface area contributed by atoms with Gasteiger partial charge < -0.3 is 0 Å². The molecule has 4 heteroatoms. The maximum absolute atomic E-state index is 11.0. The number of nitrogens with zero attached hydrogens (tertiary/aromatic N) is 2. The maximum atomic E-state index is 11.0. The molecule has 18 heavy (non-hydrogen) atoms. The van der Waals surface area contributed by atoms with E-state index >= 15 is 0 Å². The lowest BCUT2D eigenvalue weighted by Gasteiger charge is -2.10. The van der Waals surface area contributed by atoms with Gasteiger partial charge in [-0.15, -0.1) is 0 Å². The largest absolute Gasteiger partial charge is 0.357 e. The van der Waals surface area contributed by atoms with Crippen molar-refractivity contribution in [3.63, 3.8) is 0 Å². The summed E-state index contributed by atoms with van der Waals surface area (Å²) in [5.74, 6) is 0. The normalized spacial score (nSPS) is 10.6. The van der Waals surface area contributed by atoms with Gasteiger partial charge in [-0.2, -0.15) is 0 Å². The average molecular weight is 259 g/mol. The van der Waals surface area contributed by atoms with Gasteiger partial charge in [0.25, 0.3) is 0 Å². The first-order chi connectivity index (χ1) is 8.72. The zero-order valence-corrected chi connectivity index (χ0v) is 12.2. The highest BCUT2D eigenvalue weighted by Gasteiger charge is 2.17. The van der Waals surface area contributed by atoms with Crippen LogP contribution < -0.4 is 0 Å². The van der Waals surface area contributed by atoms with Gasteiger partial charge in [0.05, 0.1) is 13.1 Å². The molecule has 0 aliphatic rings. The zero-order chi connectivity index (χ0) is 13.6. The van der Waals surface area contributed by atoms with Crippen molar-refractivity contribution < 1.29 is 10.2 Å². The van der Waals surface area contributed by atoms with Gasteiger partial charge in [0.2, 0.25) is 0 Å². The van der Waals surface area contributed by atoms with E-state index in [9.17, 15) is 4.91 Å². The van der Waals surface area contributed by atoms with Crippen molar-refractivity contribution in [2.24, 2.45) is 0 Å². The lowest BCUT2D eigenvalue weighted by Crippen LogP contribution is -2.33. The second-order valence-electron chi connectivity index (χ2n) is 5.03. The monoisotopic (exact) mass is 259 g/mol. The maximum Gasteiger partial charge on any atom is 0.357 e. The van der Waals surface area contributed by atoms with Gasteiger partial charge in [-0.3, -0.25) is 0 Å². The van der Waals surface area contributed by atoms with Crippen molar-refractivity contribution in [2.75, 3.05) is 13.1 Å². The van der Waals surface area contributed by atoms with Gasteiger partial charge in [-0.05, 0) is 12.8 Å². The van der Waals surface area contributed by atoms with E-state index < -0.39 is 0 Å². The lowest BCUT2D eigenvalue weighted by atomic mass is 10.1. The fourth-order valence-electron chi connectivity index (χ4n) is 2.08. The van der Waals surface area contributed by atoms with E-state index in [1.165, 1.54) is 43.5 Å². The summed E-state index contributed by atoms with van der Waals surface area (Å²) in [6.07, 6.45) is 11.7. The van der Waals surface area contributed by atoms with Crippen LogP contribution in [0.15, 0.2) is 0 Å². The van der Waals surface area contributed by atoms with Crippen molar-refractivity contribution in [2.45, 2.75) is 78.1 Å². The summed E-state index contributed by atoms with van der Waals surface area (Å²) in [6, 6.07) is 0. The number of hydrogen-bond donors (Lipinski definition) is 1. The fourth-order valence-corrected chi connectivity index (χ4v) is 2.08. The Balaban J connectivity index is 3.56. The van der Waals surface area contributed by atoms with Gasteiger partial charge in [-0.1, -0.05) is 70.2 Å². The zero-order valence-electron chi connectivity index (χ0n) is 12.2. The summed E-state index contributed by atoms with van der Waals surface area (Å²) < 4.78 is 0. The first-order valence-electron chi connectivity index (χ1n) is 7.63. The molecule has 0 spiro atoms. The second kappa shape index (κ2) is 12.7. The van der Waals surface area contributed by atoms with Crippen LogP contribution in [0.2, 0.25) is 0 Å². The minimum absolute atomic E-state index is 0.0274. The molecule has 0 saturated carbocycles. The molecule has 0 aliphatic carbocycles. The van der Waals surface area contributed by atoms with E-state index in [0.29, 0.717) is 13.1 Å². The SMILES string of the molecule is CCCCCCCN(CCCCCCC)[N+](=O)O. The standard InChI is InChI=1S/C14H31N2O2/c1-3-5-7-9-11-13-15(16(17)18)14-12-10-8-6-4-2/h3-14H2,1-2H3,(H,17,18)/q+1. The highest BCUT2D eigenvalue weighted by atomic mass is 16.7. The molecule has 0 heterocycles. The van der Waals surface area contributed by atoms with Crippen LogP contribution >= 0.6 is 0 Å². The highest BCUT2D eigenvalue weighted by molar-refractivity contribution is 4.50. The Hall–Kier alpha value is -0.800. The van der Waals surface area contributed by atoms with E-state index in [1.807, 2.05) is 0 Å². The first-order valence-corrected chi connectivity index (χ1v) is 7.63. The van der Waals surface area contributed by atoms with Crippen molar-refractivity contribution in [1.29, 1.82) is 0 Å². The Kier molecular flexibility index (Phi) is 12.1. The lowest BCUT2D eigenvalue weighted by molar-refractivity contribution is -0.902. The molecule has 4 nitrogen and oxygen atoms in total. The minimum Gasteiger partial charge on any atom is -0.219 e. The van der Waals surface area contributed by atoms with Crippen LogP contribution in [-0.4, -0.2) is 28.3 Å². The summed E-state index contributed by atoms with van der Waals surface area (Å²) >= 11 is 0. The Morgan fingerprint density at radius 1 is 0.778 bits per heavy atom. The number of unbranched alkanes of at least 4 members (excludes halogenated alkanes) is 8. The summed E-state index contributed by atoms with van der Waals surface area (Å²) in [7, 11) is 0. The van der Waals surface area contributed by atoms with Crippen LogP contribution in [0.4, 0.5) is 0 Å². The van der Waals surface area contributed by atoms with Gasteiger partial charge in [-0.25, -0.2) is 5.21 Å². The van der Waals surface area contributed by atoms with Crippen LogP contribution in [0.5, 0.6) is 0 Å². The summed E-state index contributed by atoms with van der Waals surface area (Å²) in [5.41, 5.74) is 0. The topological polar surface area (TPSA) is 43.5 Å². The third kappa shape index (κ3) is 10.4. The summed E-state index contributed by atoms with van der Waals surface area (Å²) in [5, 5.41) is 10.6. The molecule has 0 aromatic carbocycles. The van der Waals surface area contributed by atoms with E-state index in [0.717, 1.165) is 25.7 Å². The third-order valence-electron chi connectivity index (χ3n) is 3.28. The molecular weight excluding hydrogens is 228 g/mol.